The largest absolute Gasteiger partial charge is 0.481 e. The summed E-state index contributed by atoms with van der Waals surface area (Å²) in [4.78, 5) is 19.5. The van der Waals surface area contributed by atoms with Crippen LogP contribution in [0.25, 0.3) is 6.08 Å². The number of aliphatic imine (C=N–C) groups is 1. The SMILES string of the molecule is O=C(O)C1CC=Cc2[nH]c3c(c21)CC(c1ccc(Cl)cc1)N=C3. The van der Waals surface area contributed by atoms with Crippen LogP contribution in [-0.2, 0) is 11.2 Å². The van der Waals surface area contributed by atoms with Gasteiger partial charge in [-0.05, 0) is 41.3 Å². The predicted molar refractivity (Wildman–Crippen MR) is 90.3 cm³/mol. The van der Waals surface area contributed by atoms with Crippen molar-refractivity contribution >= 4 is 29.9 Å². The number of hydrogen-bond acceptors (Lipinski definition) is 2. The van der Waals surface area contributed by atoms with Gasteiger partial charge in [0.25, 0.3) is 0 Å². The first-order valence-electron chi connectivity index (χ1n) is 7.56. The molecule has 4 nitrogen and oxygen atoms in total. The van der Waals surface area contributed by atoms with Gasteiger partial charge >= 0.3 is 5.97 Å². The van der Waals surface area contributed by atoms with E-state index in [9.17, 15) is 9.90 Å². The highest BCUT2D eigenvalue weighted by Gasteiger charge is 2.32. The lowest BCUT2D eigenvalue weighted by atomic mass is 9.84. The van der Waals surface area contributed by atoms with Crippen LogP contribution < -0.4 is 0 Å². The number of hydrogen-bond donors (Lipinski definition) is 2. The molecule has 1 aliphatic carbocycles. The second-order valence-electron chi connectivity index (χ2n) is 5.92. The molecule has 2 unspecified atom stereocenters. The van der Waals surface area contributed by atoms with E-state index in [2.05, 4.69) is 9.98 Å². The average Bonchev–Trinajstić information content (AvgIpc) is 2.93. The van der Waals surface area contributed by atoms with E-state index in [0.717, 1.165) is 28.1 Å². The molecule has 0 fully saturated rings. The van der Waals surface area contributed by atoms with Gasteiger partial charge in [0.1, 0.15) is 0 Å². The van der Waals surface area contributed by atoms with Crippen molar-refractivity contribution in [3.63, 3.8) is 0 Å². The molecular weight excluding hydrogens is 312 g/mol. The molecular formula is C18H15ClN2O2. The van der Waals surface area contributed by atoms with Crippen LogP contribution >= 0.6 is 11.6 Å². The highest BCUT2D eigenvalue weighted by Crippen LogP contribution is 2.38. The third-order valence-electron chi connectivity index (χ3n) is 4.55. The van der Waals surface area contributed by atoms with Crippen LogP contribution in [0.5, 0.6) is 0 Å². The van der Waals surface area contributed by atoms with Crippen molar-refractivity contribution in [2.45, 2.75) is 24.8 Å². The second kappa shape index (κ2) is 5.39. The number of halogens is 1. The molecule has 0 spiro atoms. The van der Waals surface area contributed by atoms with E-state index in [1.54, 1.807) is 0 Å². The maximum Gasteiger partial charge on any atom is 0.311 e. The number of H-pyrrole nitrogens is 1. The molecule has 1 aromatic heterocycles. The van der Waals surface area contributed by atoms with Gasteiger partial charge in [-0.2, -0.15) is 0 Å². The molecule has 116 valence electrons. The van der Waals surface area contributed by atoms with Crippen molar-refractivity contribution in [2.75, 3.05) is 0 Å². The number of nitrogens with zero attached hydrogens (tertiary/aromatic N) is 1. The lowest BCUT2D eigenvalue weighted by Gasteiger charge is -2.21. The van der Waals surface area contributed by atoms with Crippen molar-refractivity contribution in [1.29, 1.82) is 0 Å². The molecule has 23 heavy (non-hydrogen) atoms. The quantitative estimate of drug-likeness (QED) is 0.877. The fourth-order valence-electron chi connectivity index (χ4n) is 3.42. The molecule has 2 aliphatic rings. The second-order valence-corrected chi connectivity index (χ2v) is 6.36. The van der Waals surface area contributed by atoms with Crippen molar-refractivity contribution in [3.05, 3.63) is 63.4 Å². The van der Waals surface area contributed by atoms with E-state index in [1.165, 1.54) is 0 Å². The summed E-state index contributed by atoms with van der Waals surface area (Å²) >= 11 is 5.95. The molecule has 5 heteroatoms. The zero-order valence-corrected chi connectivity index (χ0v) is 13.0. The number of aromatic nitrogens is 1. The fraction of sp³-hybridized carbons (Fsp3) is 0.222. The van der Waals surface area contributed by atoms with Gasteiger partial charge in [-0.3, -0.25) is 9.79 Å². The number of allylic oxidation sites excluding steroid dienone is 1. The highest BCUT2D eigenvalue weighted by atomic mass is 35.5. The van der Waals surface area contributed by atoms with Crippen LogP contribution in [0.2, 0.25) is 5.02 Å². The first-order chi connectivity index (χ1) is 11.1. The van der Waals surface area contributed by atoms with Crippen LogP contribution in [-0.4, -0.2) is 22.3 Å². The standard InChI is InChI=1S/C18H15ClN2O2/c19-11-6-4-10(5-7-11)15-8-13-16(9-20-15)21-14-3-1-2-12(17(13)14)18(22)23/h1,3-7,9,12,15,21H,2,8H2,(H,22,23). The van der Waals surface area contributed by atoms with Crippen molar-refractivity contribution < 1.29 is 9.90 Å². The minimum Gasteiger partial charge on any atom is -0.481 e. The maximum atomic E-state index is 11.6. The Hall–Kier alpha value is -2.33. The third kappa shape index (κ3) is 2.39. The Bertz CT molecular complexity index is 833. The van der Waals surface area contributed by atoms with Crippen LogP contribution in [0, 0.1) is 0 Å². The molecule has 2 N–H and O–H groups in total. The molecule has 1 aliphatic heterocycles. The van der Waals surface area contributed by atoms with Gasteiger partial charge in [-0.25, -0.2) is 0 Å². The molecule has 0 saturated heterocycles. The number of rotatable bonds is 2. The van der Waals surface area contributed by atoms with E-state index in [1.807, 2.05) is 42.6 Å². The van der Waals surface area contributed by atoms with E-state index in [-0.39, 0.29) is 6.04 Å². The zero-order valence-electron chi connectivity index (χ0n) is 12.3. The number of carboxylic acid groups (broad SMARTS) is 1. The number of carbonyl (C=O) groups is 1. The Morgan fingerprint density at radius 1 is 1.26 bits per heavy atom. The number of nitrogens with one attached hydrogen (secondary N) is 1. The summed E-state index contributed by atoms with van der Waals surface area (Å²) in [5, 5.41) is 10.2. The van der Waals surface area contributed by atoms with Gasteiger partial charge in [0, 0.05) is 23.4 Å². The number of benzene rings is 1. The lowest BCUT2D eigenvalue weighted by molar-refractivity contribution is -0.138. The number of aromatic amines is 1. The molecule has 2 atom stereocenters. The topological polar surface area (TPSA) is 65.4 Å². The van der Waals surface area contributed by atoms with Gasteiger partial charge in [0.05, 0.1) is 17.7 Å². The average molecular weight is 327 g/mol. The van der Waals surface area contributed by atoms with Gasteiger partial charge in [-0.15, -0.1) is 0 Å². The summed E-state index contributed by atoms with van der Waals surface area (Å²) in [6.45, 7) is 0. The normalized spacial score (nSPS) is 21.8. The Morgan fingerprint density at radius 2 is 2.04 bits per heavy atom. The van der Waals surface area contributed by atoms with Crippen LogP contribution in [0.4, 0.5) is 0 Å². The Balaban J connectivity index is 1.74. The van der Waals surface area contributed by atoms with Crippen LogP contribution in [0.15, 0.2) is 35.3 Å². The summed E-state index contributed by atoms with van der Waals surface area (Å²) in [5.74, 6) is -1.25. The Morgan fingerprint density at radius 3 is 2.78 bits per heavy atom. The number of aliphatic carboxylic acids is 1. The van der Waals surface area contributed by atoms with Crippen molar-refractivity contribution in [2.24, 2.45) is 4.99 Å². The van der Waals surface area contributed by atoms with E-state index < -0.39 is 11.9 Å². The van der Waals surface area contributed by atoms with Crippen molar-refractivity contribution in [1.82, 2.24) is 4.98 Å². The Labute approximate surface area is 138 Å². The van der Waals surface area contributed by atoms with E-state index in [0.29, 0.717) is 17.9 Å². The third-order valence-corrected chi connectivity index (χ3v) is 4.80. The maximum absolute atomic E-state index is 11.6. The number of carboxylic acids is 1. The molecule has 1 aromatic carbocycles. The molecule has 0 saturated carbocycles. The molecule has 2 heterocycles. The number of fused-ring (bicyclic) bond motifs is 3. The molecule has 0 amide bonds. The first-order valence-corrected chi connectivity index (χ1v) is 7.94. The zero-order chi connectivity index (χ0) is 16.0. The summed E-state index contributed by atoms with van der Waals surface area (Å²) in [6.07, 6.45) is 6.95. The Kier molecular flexibility index (Phi) is 3.34. The molecule has 0 radical (unpaired) electrons. The molecule has 2 aromatic rings. The first kappa shape index (κ1) is 14.3. The van der Waals surface area contributed by atoms with Gasteiger partial charge < -0.3 is 10.1 Å². The molecule has 4 rings (SSSR count). The van der Waals surface area contributed by atoms with Gasteiger partial charge in [0.2, 0.25) is 0 Å². The minimum absolute atomic E-state index is 0.0000164. The molecule has 0 bridgehead atoms. The van der Waals surface area contributed by atoms with E-state index in [4.69, 9.17) is 11.6 Å². The fourth-order valence-corrected chi connectivity index (χ4v) is 3.54. The predicted octanol–water partition coefficient (Wildman–Crippen LogP) is 3.97. The van der Waals surface area contributed by atoms with Crippen LogP contribution in [0.1, 0.15) is 46.5 Å². The van der Waals surface area contributed by atoms with E-state index >= 15 is 0 Å². The summed E-state index contributed by atoms with van der Waals surface area (Å²) < 4.78 is 0. The summed E-state index contributed by atoms with van der Waals surface area (Å²) in [7, 11) is 0. The minimum atomic E-state index is -0.775. The van der Waals surface area contributed by atoms with Gasteiger partial charge in [-0.1, -0.05) is 29.8 Å². The monoisotopic (exact) mass is 326 g/mol. The highest BCUT2D eigenvalue weighted by molar-refractivity contribution is 6.30. The van der Waals surface area contributed by atoms with Crippen molar-refractivity contribution in [3.8, 4) is 0 Å². The van der Waals surface area contributed by atoms with Crippen LogP contribution in [0.3, 0.4) is 0 Å². The summed E-state index contributed by atoms with van der Waals surface area (Å²) in [6, 6.07) is 7.67. The lowest BCUT2D eigenvalue weighted by Crippen LogP contribution is -2.17. The summed E-state index contributed by atoms with van der Waals surface area (Å²) in [5.41, 5.74) is 4.91. The van der Waals surface area contributed by atoms with Gasteiger partial charge in [0.15, 0.2) is 0 Å². The smallest absolute Gasteiger partial charge is 0.311 e.